The maximum absolute atomic E-state index is 13.8. The fourth-order valence-electron chi connectivity index (χ4n) is 6.24. The number of aliphatic imine (C=N–C) groups is 1. The lowest BCUT2D eigenvalue weighted by Gasteiger charge is -2.37. The topological polar surface area (TPSA) is 111 Å². The molecule has 2 aliphatic heterocycles. The van der Waals surface area contributed by atoms with E-state index in [9.17, 15) is 19.5 Å². The Morgan fingerprint density at radius 1 is 1.00 bits per heavy atom. The van der Waals surface area contributed by atoms with E-state index in [0.29, 0.717) is 40.5 Å². The van der Waals surface area contributed by atoms with Crippen LogP contribution in [0.2, 0.25) is 0 Å². The number of esters is 1. The van der Waals surface area contributed by atoms with Gasteiger partial charge >= 0.3 is 11.9 Å². The average molecular weight is 516 g/mol. The Hall–Kier alpha value is -3.94. The van der Waals surface area contributed by atoms with Crippen LogP contribution in [0.15, 0.2) is 58.7 Å². The molecule has 0 radical (unpaired) electrons. The van der Waals surface area contributed by atoms with Gasteiger partial charge in [-0.2, -0.15) is 0 Å². The van der Waals surface area contributed by atoms with Gasteiger partial charge in [0.2, 0.25) is 6.79 Å². The second-order valence-corrected chi connectivity index (χ2v) is 10.5. The van der Waals surface area contributed by atoms with E-state index >= 15 is 0 Å². The third-order valence-corrected chi connectivity index (χ3v) is 8.09. The summed E-state index contributed by atoms with van der Waals surface area (Å²) < 4.78 is 16.9. The van der Waals surface area contributed by atoms with Gasteiger partial charge in [-0.1, -0.05) is 18.2 Å². The summed E-state index contributed by atoms with van der Waals surface area (Å²) in [6, 6.07) is 12.2. The summed E-state index contributed by atoms with van der Waals surface area (Å²) in [7, 11) is 0. The Morgan fingerprint density at radius 2 is 1.79 bits per heavy atom. The van der Waals surface area contributed by atoms with Gasteiger partial charge in [0.25, 0.3) is 0 Å². The van der Waals surface area contributed by atoms with Gasteiger partial charge in [0.1, 0.15) is 12.0 Å². The van der Waals surface area contributed by atoms with E-state index in [1.54, 1.807) is 25.1 Å². The molecule has 2 heterocycles. The molecule has 8 nitrogen and oxygen atoms in total. The van der Waals surface area contributed by atoms with Crippen molar-refractivity contribution in [1.29, 1.82) is 0 Å². The van der Waals surface area contributed by atoms with Crippen molar-refractivity contribution in [2.75, 3.05) is 6.79 Å². The third kappa shape index (κ3) is 4.38. The summed E-state index contributed by atoms with van der Waals surface area (Å²) in [5, 5.41) is 9.62. The first-order valence-corrected chi connectivity index (χ1v) is 13.1. The molecule has 38 heavy (non-hydrogen) atoms. The van der Waals surface area contributed by atoms with Crippen LogP contribution >= 0.6 is 0 Å². The minimum atomic E-state index is -1.06. The highest BCUT2D eigenvalue weighted by Crippen LogP contribution is 2.48. The summed E-state index contributed by atoms with van der Waals surface area (Å²) in [6.45, 7) is 1.98. The van der Waals surface area contributed by atoms with Crippen LogP contribution in [0.5, 0.6) is 11.5 Å². The molecule has 3 atom stereocenters. The van der Waals surface area contributed by atoms with E-state index in [-0.39, 0.29) is 36.6 Å². The van der Waals surface area contributed by atoms with Crippen molar-refractivity contribution in [3.05, 3.63) is 70.4 Å². The van der Waals surface area contributed by atoms with Gasteiger partial charge in [-0.15, -0.1) is 0 Å². The van der Waals surface area contributed by atoms with E-state index in [1.165, 1.54) is 6.07 Å². The molecular weight excluding hydrogens is 486 g/mol. The molecule has 1 N–H and O–H groups in total. The van der Waals surface area contributed by atoms with E-state index in [1.807, 2.05) is 18.2 Å². The molecule has 1 saturated carbocycles. The molecule has 2 aliphatic carbocycles. The maximum Gasteiger partial charge on any atom is 0.335 e. The predicted octanol–water partition coefficient (Wildman–Crippen LogP) is 5.17. The normalized spacial score (nSPS) is 24.7. The molecular formula is C30H29NO7. The first-order chi connectivity index (χ1) is 18.4. The van der Waals surface area contributed by atoms with Gasteiger partial charge in [0.05, 0.1) is 5.56 Å². The molecule has 3 unspecified atom stereocenters. The number of aromatic carboxylic acids is 1. The van der Waals surface area contributed by atoms with Crippen molar-refractivity contribution in [3.63, 3.8) is 0 Å². The largest absolute Gasteiger partial charge is 0.478 e. The standard InChI is InChI=1S/C30H29NO7/c1-16-26(30(35)38-21-7-2-3-8-21)27(18-5-4-6-19(11-18)29(33)34)28-22(31-16)12-20(13-23(28)32)17-9-10-24-25(14-17)37-15-36-24/h4-6,9-11,14,20-21,26-27H,2-3,7-8,12-13,15H2,1H3,(H,33,34). The third-order valence-electron chi connectivity index (χ3n) is 8.09. The van der Waals surface area contributed by atoms with Gasteiger partial charge in [-0.05, 0) is 80.3 Å². The van der Waals surface area contributed by atoms with Crippen molar-refractivity contribution in [1.82, 2.24) is 0 Å². The van der Waals surface area contributed by atoms with Gasteiger partial charge in [0, 0.05) is 29.3 Å². The summed E-state index contributed by atoms with van der Waals surface area (Å²) in [5.41, 5.74) is 3.40. The van der Waals surface area contributed by atoms with Crippen LogP contribution in [-0.4, -0.2) is 41.4 Å². The minimum Gasteiger partial charge on any atom is -0.478 e. The Bertz CT molecular complexity index is 1380. The number of carbonyl (C=O) groups is 3. The second kappa shape index (κ2) is 9.74. The molecule has 0 bridgehead atoms. The summed E-state index contributed by atoms with van der Waals surface area (Å²) in [6.07, 6.45) is 4.36. The number of rotatable bonds is 5. The van der Waals surface area contributed by atoms with Gasteiger partial charge in [-0.25, -0.2) is 4.79 Å². The van der Waals surface area contributed by atoms with E-state index in [4.69, 9.17) is 19.2 Å². The van der Waals surface area contributed by atoms with Crippen molar-refractivity contribution < 1.29 is 33.7 Å². The molecule has 4 aliphatic rings. The zero-order valence-corrected chi connectivity index (χ0v) is 21.1. The van der Waals surface area contributed by atoms with Crippen molar-refractivity contribution in [3.8, 4) is 11.5 Å². The molecule has 0 saturated heterocycles. The molecule has 6 rings (SSSR count). The van der Waals surface area contributed by atoms with E-state index in [0.717, 1.165) is 31.2 Å². The first kappa shape index (κ1) is 24.4. The van der Waals surface area contributed by atoms with Crippen LogP contribution in [0, 0.1) is 5.92 Å². The number of ether oxygens (including phenoxy) is 3. The lowest BCUT2D eigenvalue weighted by atomic mass is 9.69. The minimum absolute atomic E-state index is 0.0884. The number of benzene rings is 2. The lowest BCUT2D eigenvalue weighted by molar-refractivity contribution is -0.151. The second-order valence-electron chi connectivity index (χ2n) is 10.5. The van der Waals surface area contributed by atoms with E-state index in [2.05, 4.69) is 0 Å². The number of allylic oxidation sites excluding steroid dienone is 2. The molecule has 0 spiro atoms. The number of carboxylic acid groups (broad SMARTS) is 1. The Morgan fingerprint density at radius 3 is 2.58 bits per heavy atom. The van der Waals surface area contributed by atoms with Crippen LogP contribution in [-0.2, 0) is 14.3 Å². The lowest BCUT2D eigenvalue weighted by Crippen LogP contribution is -2.39. The number of carbonyl (C=O) groups excluding carboxylic acids is 2. The zero-order chi connectivity index (χ0) is 26.4. The Labute approximate surface area is 220 Å². The van der Waals surface area contributed by atoms with Crippen molar-refractivity contribution in [2.45, 2.75) is 63.4 Å². The molecule has 2 aromatic rings. The van der Waals surface area contributed by atoms with Crippen LogP contribution in [0.25, 0.3) is 0 Å². The highest BCUT2D eigenvalue weighted by atomic mass is 16.7. The van der Waals surface area contributed by atoms with Gasteiger partial charge < -0.3 is 19.3 Å². The molecule has 1 fully saturated rings. The highest BCUT2D eigenvalue weighted by Gasteiger charge is 2.45. The smallest absolute Gasteiger partial charge is 0.335 e. The molecule has 0 aromatic heterocycles. The van der Waals surface area contributed by atoms with Crippen LogP contribution in [0.3, 0.4) is 0 Å². The molecule has 2 aromatic carbocycles. The number of Topliss-reactive ketones (excluding diaryl/α,β-unsaturated/α-hetero) is 1. The van der Waals surface area contributed by atoms with Gasteiger partial charge in [0.15, 0.2) is 17.3 Å². The zero-order valence-electron chi connectivity index (χ0n) is 21.1. The average Bonchev–Trinajstić information content (AvgIpc) is 3.59. The first-order valence-electron chi connectivity index (χ1n) is 13.1. The quantitative estimate of drug-likeness (QED) is 0.547. The van der Waals surface area contributed by atoms with Crippen molar-refractivity contribution >= 4 is 23.4 Å². The summed E-state index contributed by atoms with van der Waals surface area (Å²) in [4.78, 5) is 44.0. The fourth-order valence-corrected chi connectivity index (χ4v) is 6.24. The summed E-state index contributed by atoms with van der Waals surface area (Å²) in [5.74, 6) is -1.74. The Balaban J connectivity index is 1.39. The van der Waals surface area contributed by atoms with Crippen molar-refractivity contribution in [2.24, 2.45) is 10.9 Å². The maximum atomic E-state index is 13.8. The number of hydrogen-bond donors (Lipinski definition) is 1. The number of carboxylic acids is 1. The number of fused-ring (bicyclic) bond motifs is 1. The molecule has 196 valence electrons. The predicted molar refractivity (Wildman–Crippen MR) is 138 cm³/mol. The van der Waals surface area contributed by atoms with Gasteiger partial charge in [-0.3, -0.25) is 14.6 Å². The van der Waals surface area contributed by atoms with Crippen LogP contribution in [0.1, 0.15) is 78.8 Å². The van der Waals surface area contributed by atoms with Crippen LogP contribution < -0.4 is 9.47 Å². The monoisotopic (exact) mass is 515 g/mol. The highest BCUT2D eigenvalue weighted by molar-refractivity contribution is 6.09. The Kier molecular flexibility index (Phi) is 6.26. The van der Waals surface area contributed by atoms with Crippen LogP contribution in [0.4, 0.5) is 0 Å². The molecule has 0 amide bonds. The van der Waals surface area contributed by atoms with E-state index < -0.39 is 23.8 Å². The SMILES string of the molecule is CC1=NC2=C(C(=O)CC(c3ccc4c(c3)OCO4)C2)C(c2cccc(C(=O)O)c2)C1C(=O)OC1CCCC1. The summed E-state index contributed by atoms with van der Waals surface area (Å²) >= 11 is 0. The number of hydrogen-bond acceptors (Lipinski definition) is 7. The number of nitrogens with zero attached hydrogens (tertiary/aromatic N) is 1. The molecule has 8 heteroatoms. The fraction of sp³-hybridized carbons (Fsp3) is 0.400. The number of ketones is 1.